The molecule has 4 nitrogen and oxygen atoms in total. The van der Waals surface area contributed by atoms with Crippen LogP contribution in [0.5, 0.6) is 0 Å². The van der Waals surface area contributed by atoms with E-state index in [-0.39, 0.29) is 12.1 Å². The summed E-state index contributed by atoms with van der Waals surface area (Å²) >= 11 is 0. The Balaban J connectivity index is 2.85. The molecule has 0 saturated carbocycles. The number of nitrogens with zero attached hydrogens (tertiary/aromatic N) is 2. The van der Waals surface area contributed by atoms with Crippen molar-refractivity contribution in [3.8, 4) is 0 Å². The summed E-state index contributed by atoms with van der Waals surface area (Å²) in [5.41, 5.74) is 0. The summed E-state index contributed by atoms with van der Waals surface area (Å²) in [6.07, 6.45) is 0. The largest absolute Gasteiger partial charge is 0.480 e. The summed E-state index contributed by atoms with van der Waals surface area (Å²) < 4.78 is 11.0. The van der Waals surface area contributed by atoms with Gasteiger partial charge in [0.2, 0.25) is 11.8 Å². The second-order valence-electron chi connectivity index (χ2n) is 4.17. The van der Waals surface area contributed by atoms with Crippen LogP contribution < -0.4 is 0 Å². The first kappa shape index (κ1) is 13.0. The van der Waals surface area contributed by atoms with E-state index in [0.29, 0.717) is 19.1 Å². The van der Waals surface area contributed by atoms with E-state index in [1.165, 1.54) is 0 Å². The van der Waals surface area contributed by atoms with E-state index in [1.807, 2.05) is 20.8 Å². The molecule has 4 heteroatoms. The summed E-state index contributed by atoms with van der Waals surface area (Å²) in [6, 6.07) is -0.0331. The van der Waals surface area contributed by atoms with Gasteiger partial charge in [0.1, 0.15) is 12.1 Å². The van der Waals surface area contributed by atoms with Crippen molar-refractivity contribution in [2.24, 2.45) is 15.9 Å². The zero-order chi connectivity index (χ0) is 12.1. The van der Waals surface area contributed by atoms with Gasteiger partial charge in [-0.05, 0) is 26.7 Å². The van der Waals surface area contributed by atoms with Crippen LogP contribution in [0.25, 0.3) is 0 Å². The molecule has 1 rings (SSSR count). The molecule has 0 radical (unpaired) electrons. The molecule has 16 heavy (non-hydrogen) atoms. The lowest BCUT2D eigenvalue weighted by atomic mass is 10.0. The third-order valence-electron chi connectivity index (χ3n) is 2.41. The Hall–Kier alpha value is -1.06. The van der Waals surface area contributed by atoms with Crippen molar-refractivity contribution in [3.05, 3.63) is 0 Å². The Labute approximate surface area is 97.8 Å². The fourth-order valence-electron chi connectivity index (χ4n) is 1.63. The van der Waals surface area contributed by atoms with E-state index in [4.69, 9.17) is 9.47 Å². The van der Waals surface area contributed by atoms with Crippen molar-refractivity contribution in [1.29, 1.82) is 0 Å². The molecule has 0 aliphatic carbocycles. The molecule has 1 aliphatic rings. The Bertz CT molecular complexity index is 285. The van der Waals surface area contributed by atoms with Gasteiger partial charge in [0.25, 0.3) is 0 Å². The molecule has 0 bridgehead atoms. The number of hydrogen-bond acceptors (Lipinski definition) is 4. The highest BCUT2D eigenvalue weighted by Crippen LogP contribution is 2.17. The summed E-state index contributed by atoms with van der Waals surface area (Å²) in [6.45, 7) is 11.4. The van der Waals surface area contributed by atoms with E-state index in [2.05, 4.69) is 23.8 Å². The lowest BCUT2D eigenvalue weighted by molar-refractivity contribution is 0.278. The maximum absolute atomic E-state index is 5.54. The second kappa shape index (κ2) is 5.87. The zero-order valence-electron chi connectivity index (χ0n) is 10.9. The highest BCUT2D eigenvalue weighted by molar-refractivity contribution is 5.93. The minimum atomic E-state index is -0.0310. The van der Waals surface area contributed by atoms with E-state index in [1.54, 1.807) is 0 Å². The molecule has 0 unspecified atom stereocenters. The van der Waals surface area contributed by atoms with Crippen LogP contribution in [0.3, 0.4) is 0 Å². The Morgan fingerprint density at radius 3 is 2.12 bits per heavy atom. The SMILES string of the molecule is CCOC1=N[C@H](C(C)C)C(OCC)=N[C@H]1C. The summed E-state index contributed by atoms with van der Waals surface area (Å²) in [4.78, 5) is 9.10. The van der Waals surface area contributed by atoms with Gasteiger partial charge in [-0.3, -0.25) is 0 Å². The van der Waals surface area contributed by atoms with Gasteiger partial charge >= 0.3 is 0 Å². The minimum absolute atomic E-state index is 0.00213. The van der Waals surface area contributed by atoms with Crippen molar-refractivity contribution >= 4 is 11.8 Å². The van der Waals surface area contributed by atoms with E-state index in [9.17, 15) is 0 Å². The molecule has 0 amide bonds. The van der Waals surface area contributed by atoms with Crippen LogP contribution in [0.4, 0.5) is 0 Å². The molecule has 0 saturated heterocycles. The number of ether oxygens (including phenoxy) is 2. The van der Waals surface area contributed by atoms with Crippen molar-refractivity contribution < 1.29 is 9.47 Å². The molecule has 2 atom stereocenters. The maximum Gasteiger partial charge on any atom is 0.209 e. The molecular formula is C12H22N2O2. The van der Waals surface area contributed by atoms with Gasteiger partial charge in [0, 0.05) is 0 Å². The van der Waals surface area contributed by atoms with Gasteiger partial charge < -0.3 is 9.47 Å². The maximum atomic E-state index is 5.54. The predicted molar refractivity (Wildman–Crippen MR) is 66.2 cm³/mol. The van der Waals surface area contributed by atoms with Gasteiger partial charge in [-0.2, -0.15) is 0 Å². The Morgan fingerprint density at radius 1 is 1.06 bits per heavy atom. The fraction of sp³-hybridized carbons (Fsp3) is 0.833. The number of rotatable bonds is 3. The lowest BCUT2D eigenvalue weighted by Crippen LogP contribution is -2.37. The van der Waals surface area contributed by atoms with Crippen molar-refractivity contribution in [2.75, 3.05) is 13.2 Å². The van der Waals surface area contributed by atoms with E-state index < -0.39 is 0 Å². The normalized spacial score (nSPS) is 25.1. The van der Waals surface area contributed by atoms with Crippen LogP contribution in [0.1, 0.15) is 34.6 Å². The first-order valence-corrected chi connectivity index (χ1v) is 6.01. The molecule has 0 aromatic heterocycles. The van der Waals surface area contributed by atoms with Gasteiger partial charge in [0.05, 0.1) is 13.2 Å². The quantitative estimate of drug-likeness (QED) is 0.741. The van der Waals surface area contributed by atoms with Crippen molar-refractivity contribution in [3.63, 3.8) is 0 Å². The van der Waals surface area contributed by atoms with Gasteiger partial charge in [-0.15, -0.1) is 0 Å². The van der Waals surface area contributed by atoms with Gasteiger partial charge in [-0.25, -0.2) is 9.98 Å². The fourth-order valence-corrected chi connectivity index (χ4v) is 1.63. The van der Waals surface area contributed by atoms with Crippen LogP contribution >= 0.6 is 0 Å². The molecule has 1 heterocycles. The first-order chi connectivity index (χ1) is 7.60. The molecule has 92 valence electrons. The Morgan fingerprint density at radius 2 is 1.62 bits per heavy atom. The smallest absolute Gasteiger partial charge is 0.209 e. The summed E-state index contributed by atoms with van der Waals surface area (Å²) in [7, 11) is 0. The first-order valence-electron chi connectivity index (χ1n) is 6.01. The third-order valence-corrected chi connectivity index (χ3v) is 2.41. The zero-order valence-corrected chi connectivity index (χ0v) is 10.9. The molecule has 1 aliphatic heterocycles. The van der Waals surface area contributed by atoms with E-state index >= 15 is 0 Å². The van der Waals surface area contributed by atoms with Crippen LogP contribution in [0.2, 0.25) is 0 Å². The average Bonchev–Trinajstić information content (AvgIpc) is 2.22. The predicted octanol–water partition coefficient (Wildman–Crippen LogP) is 2.28. The molecule has 0 spiro atoms. The summed E-state index contributed by atoms with van der Waals surface area (Å²) in [5, 5.41) is 0. The minimum Gasteiger partial charge on any atom is -0.480 e. The molecule has 0 fully saturated rings. The highest BCUT2D eigenvalue weighted by atomic mass is 16.5. The third kappa shape index (κ3) is 2.97. The number of aliphatic imine (C=N–C) groups is 2. The van der Waals surface area contributed by atoms with Crippen LogP contribution in [-0.4, -0.2) is 37.1 Å². The molecule has 0 aromatic carbocycles. The second-order valence-corrected chi connectivity index (χ2v) is 4.17. The van der Waals surface area contributed by atoms with Crippen molar-refractivity contribution in [2.45, 2.75) is 46.7 Å². The van der Waals surface area contributed by atoms with Crippen LogP contribution in [0.15, 0.2) is 9.98 Å². The Kier molecular flexibility index (Phi) is 4.77. The standard InChI is InChI=1S/C12H22N2O2/c1-6-15-11-9(5)13-12(16-7-2)10(14-11)8(3)4/h8-10H,6-7H2,1-5H3/t9-,10+/m0/s1. The van der Waals surface area contributed by atoms with Crippen LogP contribution in [0, 0.1) is 5.92 Å². The van der Waals surface area contributed by atoms with Gasteiger partial charge in [0.15, 0.2) is 0 Å². The monoisotopic (exact) mass is 226 g/mol. The van der Waals surface area contributed by atoms with E-state index in [0.717, 1.165) is 11.8 Å². The molecule has 0 N–H and O–H groups in total. The lowest BCUT2D eigenvalue weighted by Gasteiger charge is -2.26. The van der Waals surface area contributed by atoms with Crippen molar-refractivity contribution in [1.82, 2.24) is 0 Å². The molecular weight excluding hydrogens is 204 g/mol. The molecule has 0 aromatic rings. The van der Waals surface area contributed by atoms with Gasteiger partial charge in [-0.1, -0.05) is 13.8 Å². The average molecular weight is 226 g/mol. The highest BCUT2D eigenvalue weighted by Gasteiger charge is 2.28. The van der Waals surface area contributed by atoms with Crippen LogP contribution in [-0.2, 0) is 9.47 Å². The topological polar surface area (TPSA) is 43.2 Å². The summed E-state index contributed by atoms with van der Waals surface area (Å²) in [5.74, 6) is 1.84. The number of hydrogen-bond donors (Lipinski definition) is 0.